The minimum atomic E-state index is -0.116. The fourth-order valence-electron chi connectivity index (χ4n) is 3.67. The molecule has 0 aliphatic rings. The second kappa shape index (κ2) is 10.1. The smallest absolute Gasteiger partial charge is 0.269 e. The number of aromatic nitrogens is 2. The van der Waals surface area contributed by atoms with Crippen molar-refractivity contribution >= 4 is 29.1 Å². The number of benzene rings is 2. The van der Waals surface area contributed by atoms with Crippen molar-refractivity contribution in [3.05, 3.63) is 87.2 Å². The van der Waals surface area contributed by atoms with Gasteiger partial charge in [-0.05, 0) is 61.2 Å². The molecule has 0 bridgehead atoms. The molecule has 0 saturated heterocycles. The first-order valence-electron chi connectivity index (χ1n) is 10.2. The SMILES string of the molecule is CCCc1cc(C(=O)N[C@H](C)[C@H](Cc2ccc(Cl)cc2)c2ccc(Cl)cc2)n(C)n1. The van der Waals surface area contributed by atoms with E-state index in [0.717, 1.165) is 36.1 Å². The lowest BCUT2D eigenvalue weighted by molar-refractivity contribution is 0.0924. The second-order valence-electron chi connectivity index (χ2n) is 7.65. The Hall–Kier alpha value is -2.30. The molecule has 1 N–H and O–H groups in total. The molecule has 158 valence electrons. The first-order valence-corrected chi connectivity index (χ1v) is 11.0. The van der Waals surface area contributed by atoms with E-state index in [1.54, 1.807) is 4.68 Å². The van der Waals surface area contributed by atoms with E-state index in [2.05, 4.69) is 17.3 Å². The Morgan fingerprint density at radius 1 is 1.07 bits per heavy atom. The first kappa shape index (κ1) is 22.4. The molecule has 0 aliphatic carbocycles. The molecule has 0 radical (unpaired) electrons. The number of nitrogens with one attached hydrogen (secondary N) is 1. The topological polar surface area (TPSA) is 46.9 Å². The molecule has 2 aromatic carbocycles. The van der Waals surface area contributed by atoms with Gasteiger partial charge in [0.2, 0.25) is 0 Å². The van der Waals surface area contributed by atoms with E-state index in [1.807, 2.05) is 68.6 Å². The fourth-order valence-corrected chi connectivity index (χ4v) is 3.92. The van der Waals surface area contributed by atoms with Gasteiger partial charge in [0.1, 0.15) is 5.69 Å². The van der Waals surface area contributed by atoms with Gasteiger partial charge in [-0.1, -0.05) is 60.8 Å². The monoisotopic (exact) mass is 443 g/mol. The zero-order chi connectivity index (χ0) is 21.7. The molecule has 0 aliphatic heterocycles. The quantitative estimate of drug-likeness (QED) is 0.476. The van der Waals surface area contributed by atoms with Crippen molar-refractivity contribution in [2.75, 3.05) is 0 Å². The molecule has 6 heteroatoms. The summed E-state index contributed by atoms with van der Waals surface area (Å²) in [7, 11) is 1.81. The zero-order valence-corrected chi connectivity index (χ0v) is 19.0. The van der Waals surface area contributed by atoms with Gasteiger partial charge >= 0.3 is 0 Å². The number of nitrogens with zero attached hydrogens (tertiary/aromatic N) is 2. The van der Waals surface area contributed by atoms with Crippen LogP contribution in [0.4, 0.5) is 0 Å². The molecule has 30 heavy (non-hydrogen) atoms. The summed E-state index contributed by atoms with van der Waals surface area (Å²) in [4.78, 5) is 13.0. The molecule has 0 spiro atoms. The van der Waals surface area contributed by atoms with Gasteiger partial charge in [-0.2, -0.15) is 5.10 Å². The lowest BCUT2D eigenvalue weighted by Crippen LogP contribution is -2.38. The molecule has 2 atom stereocenters. The van der Waals surface area contributed by atoms with Crippen molar-refractivity contribution in [3.63, 3.8) is 0 Å². The molecule has 0 saturated carbocycles. The van der Waals surface area contributed by atoms with Gasteiger partial charge in [0.05, 0.1) is 5.69 Å². The predicted octanol–water partition coefficient (Wildman–Crippen LogP) is 5.82. The Bertz CT molecular complexity index is 981. The number of hydrogen-bond donors (Lipinski definition) is 1. The summed E-state index contributed by atoms with van der Waals surface area (Å²) in [6, 6.07) is 17.4. The largest absolute Gasteiger partial charge is 0.348 e. The maximum absolute atomic E-state index is 13.0. The highest BCUT2D eigenvalue weighted by molar-refractivity contribution is 6.30. The first-order chi connectivity index (χ1) is 14.4. The molecule has 1 heterocycles. The van der Waals surface area contributed by atoms with Crippen LogP contribution in [-0.2, 0) is 19.9 Å². The van der Waals surface area contributed by atoms with E-state index in [1.165, 1.54) is 0 Å². The highest BCUT2D eigenvalue weighted by atomic mass is 35.5. The summed E-state index contributed by atoms with van der Waals surface area (Å²) < 4.78 is 1.66. The molecule has 3 rings (SSSR count). The maximum atomic E-state index is 13.0. The van der Waals surface area contributed by atoms with Crippen LogP contribution >= 0.6 is 23.2 Å². The average molecular weight is 444 g/mol. The van der Waals surface area contributed by atoms with Crippen LogP contribution in [0.15, 0.2) is 54.6 Å². The predicted molar refractivity (Wildman–Crippen MR) is 123 cm³/mol. The zero-order valence-electron chi connectivity index (χ0n) is 17.5. The van der Waals surface area contributed by atoms with E-state index >= 15 is 0 Å². The van der Waals surface area contributed by atoms with Crippen molar-refractivity contribution in [2.24, 2.45) is 7.05 Å². The number of carbonyl (C=O) groups excluding carboxylic acids is 1. The van der Waals surface area contributed by atoms with Crippen LogP contribution in [-0.4, -0.2) is 21.7 Å². The molecule has 1 amide bonds. The average Bonchev–Trinajstić information content (AvgIpc) is 3.09. The van der Waals surface area contributed by atoms with Crippen LogP contribution < -0.4 is 5.32 Å². The van der Waals surface area contributed by atoms with E-state index in [-0.39, 0.29) is 17.9 Å². The molecule has 1 aromatic heterocycles. The van der Waals surface area contributed by atoms with Gasteiger partial charge in [-0.3, -0.25) is 9.48 Å². The van der Waals surface area contributed by atoms with Gasteiger partial charge < -0.3 is 5.32 Å². The number of rotatable bonds is 8. The number of amides is 1. The summed E-state index contributed by atoms with van der Waals surface area (Å²) in [6.07, 6.45) is 2.63. The highest BCUT2D eigenvalue weighted by Crippen LogP contribution is 2.27. The summed E-state index contributed by atoms with van der Waals surface area (Å²) in [5, 5.41) is 9.03. The van der Waals surface area contributed by atoms with Crippen LogP contribution in [0.2, 0.25) is 10.0 Å². The third kappa shape index (κ3) is 5.65. The van der Waals surface area contributed by atoms with Gasteiger partial charge in [-0.15, -0.1) is 0 Å². The lowest BCUT2D eigenvalue weighted by Gasteiger charge is -2.26. The molecule has 0 unspecified atom stereocenters. The molecule has 0 fully saturated rings. The number of halogens is 2. The highest BCUT2D eigenvalue weighted by Gasteiger charge is 2.23. The van der Waals surface area contributed by atoms with Gasteiger partial charge in [0.25, 0.3) is 5.91 Å². The van der Waals surface area contributed by atoms with E-state index in [9.17, 15) is 4.79 Å². The molecular formula is C24H27Cl2N3O. The Balaban J connectivity index is 1.82. The minimum Gasteiger partial charge on any atom is -0.348 e. The van der Waals surface area contributed by atoms with Crippen LogP contribution in [0.5, 0.6) is 0 Å². The normalized spacial score (nSPS) is 13.1. The number of carbonyl (C=O) groups is 1. The fraction of sp³-hybridized carbons (Fsp3) is 0.333. The summed E-state index contributed by atoms with van der Waals surface area (Å²) in [5.41, 5.74) is 3.80. The van der Waals surface area contributed by atoms with E-state index in [4.69, 9.17) is 23.2 Å². The Labute approximate surface area is 188 Å². The van der Waals surface area contributed by atoms with Crippen molar-refractivity contribution in [2.45, 2.75) is 45.1 Å². The molecular weight excluding hydrogens is 417 g/mol. The minimum absolute atomic E-state index is 0.0794. The maximum Gasteiger partial charge on any atom is 0.269 e. The van der Waals surface area contributed by atoms with Crippen molar-refractivity contribution in [3.8, 4) is 0 Å². The summed E-state index contributed by atoms with van der Waals surface area (Å²) >= 11 is 12.1. The van der Waals surface area contributed by atoms with E-state index in [0.29, 0.717) is 15.7 Å². The van der Waals surface area contributed by atoms with Crippen LogP contribution in [0.3, 0.4) is 0 Å². The molecule has 4 nitrogen and oxygen atoms in total. The lowest BCUT2D eigenvalue weighted by atomic mass is 9.86. The number of hydrogen-bond acceptors (Lipinski definition) is 2. The Morgan fingerprint density at radius 2 is 1.67 bits per heavy atom. The second-order valence-corrected chi connectivity index (χ2v) is 8.52. The number of aryl methyl sites for hydroxylation is 2. The van der Waals surface area contributed by atoms with Crippen molar-refractivity contribution in [1.82, 2.24) is 15.1 Å². The molecule has 3 aromatic rings. The van der Waals surface area contributed by atoms with Crippen molar-refractivity contribution < 1.29 is 4.79 Å². The Morgan fingerprint density at radius 3 is 2.27 bits per heavy atom. The summed E-state index contributed by atoms with van der Waals surface area (Å²) in [6.45, 7) is 4.14. The van der Waals surface area contributed by atoms with Gasteiger partial charge in [0.15, 0.2) is 0 Å². The standard InChI is InChI=1S/C24H27Cl2N3O/c1-4-5-21-15-23(29(3)28-21)24(30)27-16(2)22(18-8-12-20(26)13-9-18)14-17-6-10-19(25)11-7-17/h6-13,15-16,22H,4-5,14H2,1-3H3,(H,27,30)/t16-,22+/m1/s1. The third-order valence-electron chi connectivity index (χ3n) is 5.30. The van der Waals surface area contributed by atoms with Crippen molar-refractivity contribution in [1.29, 1.82) is 0 Å². The van der Waals surface area contributed by atoms with Gasteiger partial charge in [0, 0.05) is 29.1 Å². The third-order valence-corrected chi connectivity index (χ3v) is 5.80. The van der Waals surface area contributed by atoms with Crippen LogP contribution in [0.25, 0.3) is 0 Å². The summed E-state index contributed by atoms with van der Waals surface area (Å²) in [5.74, 6) is -0.0364. The van der Waals surface area contributed by atoms with Crippen LogP contribution in [0, 0.1) is 0 Å². The van der Waals surface area contributed by atoms with Gasteiger partial charge in [-0.25, -0.2) is 0 Å². The van der Waals surface area contributed by atoms with Crippen LogP contribution in [0.1, 0.15) is 53.5 Å². The van der Waals surface area contributed by atoms with E-state index < -0.39 is 0 Å². The Kier molecular flexibility index (Phi) is 7.57.